The molecule has 0 unspecified atom stereocenters. The van der Waals surface area contributed by atoms with Gasteiger partial charge in [0.25, 0.3) is 0 Å². The molecule has 1 amide bonds. The SMILES string of the molecule is CCC(CC)(CBr)NC(=O)C1CCOCC1. The van der Waals surface area contributed by atoms with Crippen molar-refractivity contribution in [3.05, 3.63) is 0 Å². The molecule has 0 aromatic rings. The van der Waals surface area contributed by atoms with E-state index in [9.17, 15) is 4.79 Å². The molecule has 1 aliphatic heterocycles. The molecule has 0 atom stereocenters. The van der Waals surface area contributed by atoms with E-state index in [1.165, 1.54) is 0 Å². The highest BCUT2D eigenvalue weighted by Gasteiger charge is 2.30. The van der Waals surface area contributed by atoms with Crippen LogP contribution in [0.15, 0.2) is 0 Å². The summed E-state index contributed by atoms with van der Waals surface area (Å²) in [7, 11) is 0. The maximum absolute atomic E-state index is 12.1. The topological polar surface area (TPSA) is 38.3 Å². The van der Waals surface area contributed by atoms with Gasteiger partial charge in [0.1, 0.15) is 0 Å². The van der Waals surface area contributed by atoms with E-state index < -0.39 is 0 Å². The van der Waals surface area contributed by atoms with Crippen molar-refractivity contribution in [2.24, 2.45) is 5.92 Å². The smallest absolute Gasteiger partial charge is 0.223 e. The van der Waals surface area contributed by atoms with Crippen molar-refractivity contribution in [2.45, 2.75) is 45.1 Å². The Bertz CT molecular complexity index is 215. The molecular formula is C12H22BrNO2. The van der Waals surface area contributed by atoms with E-state index in [0.29, 0.717) is 0 Å². The number of hydrogen-bond donors (Lipinski definition) is 1. The van der Waals surface area contributed by atoms with Crippen LogP contribution in [0.4, 0.5) is 0 Å². The Balaban J connectivity index is 2.53. The Labute approximate surface area is 106 Å². The molecular weight excluding hydrogens is 270 g/mol. The predicted molar refractivity (Wildman–Crippen MR) is 68.8 cm³/mol. The largest absolute Gasteiger partial charge is 0.381 e. The first-order valence-electron chi connectivity index (χ1n) is 6.13. The second kappa shape index (κ2) is 6.60. The number of rotatable bonds is 5. The molecule has 16 heavy (non-hydrogen) atoms. The summed E-state index contributed by atoms with van der Waals surface area (Å²) in [6, 6.07) is 0. The summed E-state index contributed by atoms with van der Waals surface area (Å²) < 4.78 is 5.27. The number of ether oxygens (including phenoxy) is 1. The Morgan fingerprint density at radius 3 is 2.38 bits per heavy atom. The molecule has 0 spiro atoms. The molecule has 94 valence electrons. The minimum absolute atomic E-state index is 0.0740. The van der Waals surface area contributed by atoms with E-state index in [0.717, 1.165) is 44.2 Å². The molecule has 0 radical (unpaired) electrons. The number of amides is 1. The van der Waals surface area contributed by atoms with Crippen LogP contribution in [0.2, 0.25) is 0 Å². The first-order valence-corrected chi connectivity index (χ1v) is 7.25. The first-order chi connectivity index (χ1) is 7.67. The second-order valence-corrected chi connectivity index (χ2v) is 5.06. The van der Waals surface area contributed by atoms with Gasteiger partial charge in [-0.3, -0.25) is 4.79 Å². The van der Waals surface area contributed by atoms with Crippen LogP contribution in [0.5, 0.6) is 0 Å². The predicted octanol–water partition coefficient (Wildman–Crippen LogP) is 2.48. The lowest BCUT2D eigenvalue weighted by molar-refractivity contribution is -0.129. The zero-order chi connectivity index (χ0) is 12.0. The van der Waals surface area contributed by atoms with Gasteiger partial charge in [-0.25, -0.2) is 0 Å². The van der Waals surface area contributed by atoms with Crippen molar-refractivity contribution in [1.29, 1.82) is 0 Å². The number of carbonyl (C=O) groups is 1. The van der Waals surface area contributed by atoms with E-state index in [1.54, 1.807) is 0 Å². The molecule has 1 N–H and O–H groups in total. The van der Waals surface area contributed by atoms with Crippen molar-refractivity contribution in [1.82, 2.24) is 5.32 Å². The third kappa shape index (κ3) is 3.45. The molecule has 0 bridgehead atoms. The quantitative estimate of drug-likeness (QED) is 0.791. The van der Waals surface area contributed by atoms with Crippen molar-refractivity contribution in [2.75, 3.05) is 18.5 Å². The van der Waals surface area contributed by atoms with Crippen LogP contribution < -0.4 is 5.32 Å². The average Bonchev–Trinajstić information content (AvgIpc) is 2.37. The maximum Gasteiger partial charge on any atom is 0.223 e. The summed E-state index contributed by atoms with van der Waals surface area (Å²) in [5, 5.41) is 4.03. The highest BCUT2D eigenvalue weighted by atomic mass is 79.9. The summed E-state index contributed by atoms with van der Waals surface area (Å²) in [6.45, 7) is 5.68. The number of alkyl halides is 1. The minimum atomic E-state index is -0.0740. The van der Waals surface area contributed by atoms with Gasteiger partial charge in [-0.05, 0) is 25.7 Å². The monoisotopic (exact) mass is 291 g/mol. The van der Waals surface area contributed by atoms with Gasteiger partial charge in [0.15, 0.2) is 0 Å². The van der Waals surface area contributed by atoms with E-state index in [-0.39, 0.29) is 17.4 Å². The summed E-state index contributed by atoms with van der Waals surface area (Å²) in [6.07, 6.45) is 3.64. The van der Waals surface area contributed by atoms with Gasteiger partial charge in [-0.15, -0.1) is 0 Å². The van der Waals surface area contributed by atoms with Crippen LogP contribution in [-0.2, 0) is 9.53 Å². The van der Waals surface area contributed by atoms with Crippen LogP contribution in [0.3, 0.4) is 0 Å². The fourth-order valence-electron chi connectivity index (χ4n) is 1.97. The van der Waals surface area contributed by atoms with Gasteiger partial charge >= 0.3 is 0 Å². The second-order valence-electron chi connectivity index (χ2n) is 4.50. The van der Waals surface area contributed by atoms with Crippen molar-refractivity contribution >= 4 is 21.8 Å². The van der Waals surface area contributed by atoms with Crippen molar-refractivity contribution < 1.29 is 9.53 Å². The van der Waals surface area contributed by atoms with Gasteiger partial charge in [-0.2, -0.15) is 0 Å². The Kier molecular flexibility index (Phi) is 5.76. The van der Waals surface area contributed by atoms with Crippen LogP contribution in [0.25, 0.3) is 0 Å². The summed E-state index contributed by atoms with van der Waals surface area (Å²) in [5.41, 5.74) is -0.0740. The van der Waals surface area contributed by atoms with Crippen LogP contribution >= 0.6 is 15.9 Å². The molecule has 0 aromatic heterocycles. The minimum Gasteiger partial charge on any atom is -0.381 e. The Morgan fingerprint density at radius 1 is 1.38 bits per heavy atom. The van der Waals surface area contributed by atoms with Crippen LogP contribution in [0, 0.1) is 5.92 Å². The fraction of sp³-hybridized carbons (Fsp3) is 0.917. The van der Waals surface area contributed by atoms with E-state index >= 15 is 0 Å². The lowest BCUT2D eigenvalue weighted by Gasteiger charge is -2.33. The molecule has 1 aliphatic rings. The molecule has 0 saturated carbocycles. The number of hydrogen-bond acceptors (Lipinski definition) is 2. The van der Waals surface area contributed by atoms with Crippen molar-refractivity contribution in [3.8, 4) is 0 Å². The molecule has 3 nitrogen and oxygen atoms in total. The molecule has 1 saturated heterocycles. The van der Waals surface area contributed by atoms with Gasteiger partial charge in [0, 0.05) is 30.0 Å². The Hall–Kier alpha value is -0.0900. The van der Waals surface area contributed by atoms with Gasteiger partial charge < -0.3 is 10.1 Å². The molecule has 1 fully saturated rings. The van der Waals surface area contributed by atoms with Gasteiger partial charge in [0.2, 0.25) is 5.91 Å². The molecule has 4 heteroatoms. The first kappa shape index (κ1) is 14.0. The highest BCUT2D eigenvalue weighted by molar-refractivity contribution is 9.09. The van der Waals surface area contributed by atoms with E-state index in [1.807, 2.05) is 0 Å². The number of carbonyl (C=O) groups excluding carboxylic acids is 1. The average molecular weight is 292 g/mol. The van der Waals surface area contributed by atoms with Crippen LogP contribution in [0.1, 0.15) is 39.5 Å². The summed E-state index contributed by atoms with van der Waals surface area (Å²) >= 11 is 3.51. The normalized spacial score (nSPS) is 18.4. The van der Waals surface area contributed by atoms with E-state index in [4.69, 9.17) is 4.74 Å². The van der Waals surface area contributed by atoms with Crippen LogP contribution in [-0.4, -0.2) is 30.0 Å². The summed E-state index contributed by atoms with van der Waals surface area (Å²) in [5.74, 6) is 0.344. The third-order valence-corrected chi connectivity index (χ3v) is 4.66. The van der Waals surface area contributed by atoms with Crippen molar-refractivity contribution in [3.63, 3.8) is 0 Å². The molecule has 1 rings (SSSR count). The summed E-state index contributed by atoms with van der Waals surface area (Å²) in [4.78, 5) is 12.1. The lowest BCUT2D eigenvalue weighted by Crippen LogP contribution is -2.51. The standard InChI is InChI=1S/C12H22BrNO2/c1-3-12(4-2,9-13)14-11(15)10-5-7-16-8-6-10/h10H,3-9H2,1-2H3,(H,14,15). The molecule has 1 heterocycles. The zero-order valence-electron chi connectivity index (χ0n) is 10.2. The lowest BCUT2D eigenvalue weighted by atomic mass is 9.92. The van der Waals surface area contributed by atoms with E-state index in [2.05, 4.69) is 35.1 Å². The molecule has 0 aliphatic carbocycles. The fourth-order valence-corrected chi connectivity index (χ4v) is 2.91. The highest BCUT2D eigenvalue weighted by Crippen LogP contribution is 2.21. The maximum atomic E-state index is 12.1. The van der Waals surface area contributed by atoms with Gasteiger partial charge in [0.05, 0.1) is 0 Å². The number of halogens is 1. The third-order valence-electron chi connectivity index (χ3n) is 3.59. The molecule has 0 aromatic carbocycles. The van der Waals surface area contributed by atoms with Gasteiger partial charge in [-0.1, -0.05) is 29.8 Å². The zero-order valence-corrected chi connectivity index (χ0v) is 11.8. The number of nitrogens with one attached hydrogen (secondary N) is 1. The Morgan fingerprint density at radius 2 is 1.94 bits per heavy atom.